The van der Waals surface area contributed by atoms with E-state index in [1.165, 1.54) is 23.4 Å². The van der Waals surface area contributed by atoms with E-state index < -0.39 is 28.8 Å². The topological polar surface area (TPSA) is 56.5 Å². The molecule has 0 saturated heterocycles. The van der Waals surface area contributed by atoms with Crippen LogP contribution in [0.3, 0.4) is 0 Å². The molecule has 2 heterocycles. The molecule has 9 heteroatoms. The van der Waals surface area contributed by atoms with Gasteiger partial charge in [0.05, 0.1) is 12.2 Å². The number of nitrogens with zero attached hydrogens (tertiary/aromatic N) is 5. The van der Waals surface area contributed by atoms with Gasteiger partial charge in [-0.3, -0.25) is 4.68 Å². The molecule has 0 aliphatic carbocycles. The van der Waals surface area contributed by atoms with E-state index in [0.29, 0.717) is 0 Å². The van der Waals surface area contributed by atoms with Crippen molar-refractivity contribution in [1.82, 2.24) is 24.7 Å². The van der Waals surface area contributed by atoms with E-state index in [0.717, 1.165) is 18.5 Å². The van der Waals surface area contributed by atoms with Crippen LogP contribution in [0.4, 0.5) is 13.2 Å². The van der Waals surface area contributed by atoms with Gasteiger partial charge < -0.3 is 0 Å². The van der Waals surface area contributed by atoms with Gasteiger partial charge in [-0.05, 0) is 11.6 Å². The second-order valence-corrected chi connectivity index (χ2v) is 6.58. The van der Waals surface area contributed by atoms with Crippen LogP contribution in [-0.2, 0) is 12.0 Å². The number of hydrogen-bond donors (Lipinski definition) is 0. The van der Waals surface area contributed by atoms with Crippen LogP contribution in [0.1, 0.15) is 31.0 Å². The Balaban J connectivity index is 2.15. The highest BCUT2D eigenvalue weighted by molar-refractivity contribution is 6.29. The highest BCUT2D eigenvalue weighted by Gasteiger charge is 2.39. The van der Waals surface area contributed by atoms with Crippen LogP contribution in [0.15, 0.2) is 37.2 Å². The first kappa shape index (κ1) is 18.3. The maximum Gasteiger partial charge on any atom is 0.182 e. The molecule has 2 unspecified atom stereocenters. The van der Waals surface area contributed by atoms with Gasteiger partial charge in [0.2, 0.25) is 0 Å². The quantitative estimate of drug-likeness (QED) is 0.629. The second-order valence-electron chi connectivity index (χ2n) is 6.22. The monoisotopic (exact) mass is 381 g/mol. The minimum absolute atomic E-state index is 0.0383. The SMILES string of the molecule is CC(c1ncnc(Cl)c1F)C(C)(Cn1cncn1)c1ccc(F)cc1F. The van der Waals surface area contributed by atoms with Gasteiger partial charge in [-0.15, -0.1) is 0 Å². The van der Waals surface area contributed by atoms with Crippen molar-refractivity contribution in [2.24, 2.45) is 0 Å². The van der Waals surface area contributed by atoms with E-state index in [1.807, 2.05) is 0 Å². The van der Waals surface area contributed by atoms with Gasteiger partial charge in [-0.2, -0.15) is 5.10 Å². The molecule has 5 nitrogen and oxygen atoms in total. The normalized spacial score (nSPS) is 14.8. The molecule has 0 aliphatic heterocycles. The van der Waals surface area contributed by atoms with E-state index in [-0.39, 0.29) is 23.0 Å². The molecule has 0 aliphatic rings. The minimum atomic E-state index is -1.02. The Hall–Kier alpha value is -2.48. The van der Waals surface area contributed by atoms with Crippen LogP contribution in [0.2, 0.25) is 5.15 Å². The fourth-order valence-electron chi connectivity index (χ4n) is 3.02. The average molecular weight is 382 g/mol. The largest absolute Gasteiger partial charge is 0.252 e. The van der Waals surface area contributed by atoms with Gasteiger partial charge in [0.1, 0.15) is 30.6 Å². The van der Waals surface area contributed by atoms with Gasteiger partial charge in [0, 0.05) is 17.4 Å². The molecular formula is C17H15ClF3N5. The molecule has 3 rings (SSSR count). The Morgan fingerprint density at radius 3 is 2.62 bits per heavy atom. The zero-order valence-corrected chi connectivity index (χ0v) is 14.8. The predicted octanol–water partition coefficient (Wildman–Crippen LogP) is 3.90. The molecule has 136 valence electrons. The molecule has 0 bridgehead atoms. The first-order valence-corrected chi connectivity index (χ1v) is 8.14. The lowest BCUT2D eigenvalue weighted by molar-refractivity contribution is 0.300. The van der Waals surface area contributed by atoms with E-state index in [4.69, 9.17) is 11.6 Å². The van der Waals surface area contributed by atoms with Crippen molar-refractivity contribution < 1.29 is 13.2 Å². The number of rotatable bonds is 5. The van der Waals surface area contributed by atoms with Crippen LogP contribution in [0.5, 0.6) is 0 Å². The van der Waals surface area contributed by atoms with E-state index in [1.54, 1.807) is 13.8 Å². The fraction of sp³-hybridized carbons (Fsp3) is 0.294. The molecule has 2 atom stereocenters. The third kappa shape index (κ3) is 3.29. The molecule has 0 fully saturated rings. The Morgan fingerprint density at radius 1 is 1.19 bits per heavy atom. The van der Waals surface area contributed by atoms with Crippen molar-refractivity contribution in [2.75, 3.05) is 0 Å². The summed E-state index contributed by atoms with van der Waals surface area (Å²) in [5.74, 6) is -2.83. The molecule has 0 saturated carbocycles. The lowest BCUT2D eigenvalue weighted by Crippen LogP contribution is -2.36. The smallest absolute Gasteiger partial charge is 0.182 e. The lowest BCUT2D eigenvalue weighted by Gasteiger charge is -2.36. The molecule has 0 amide bonds. The third-order valence-corrected chi connectivity index (χ3v) is 4.91. The predicted molar refractivity (Wildman–Crippen MR) is 89.1 cm³/mol. The van der Waals surface area contributed by atoms with Crippen molar-refractivity contribution in [2.45, 2.75) is 31.7 Å². The van der Waals surface area contributed by atoms with Crippen molar-refractivity contribution in [3.8, 4) is 0 Å². The van der Waals surface area contributed by atoms with Gasteiger partial charge in [-0.1, -0.05) is 31.5 Å². The summed E-state index contributed by atoms with van der Waals surface area (Å²) in [5.41, 5.74) is -0.781. The summed E-state index contributed by atoms with van der Waals surface area (Å²) in [6.07, 6.45) is 3.96. The van der Waals surface area contributed by atoms with Crippen molar-refractivity contribution in [3.63, 3.8) is 0 Å². The Bertz CT molecular complexity index is 919. The van der Waals surface area contributed by atoms with Crippen LogP contribution in [-0.4, -0.2) is 24.7 Å². The summed E-state index contributed by atoms with van der Waals surface area (Å²) in [4.78, 5) is 11.5. The highest BCUT2D eigenvalue weighted by atomic mass is 35.5. The number of hydrogen-bond acceptors (Lipinski definition) is 4. The van der Waals surface area contributed by atoms with Gasteiger partial charge in [-0.25, -0.2) is 28.1 Å². The first-order chi connectivity index (χ1) is 12.3. The van der Waals surface area contributed by atoms with Crippen LogP contribution in [0, 0.1) is 17.5 Å². The molecule has 0 spiro atoms. The molecule has 3 aromatic rings. The maximum atomic E-state index is 14.6. The Labute approximate surface area is 152 Å². The summed E-state index contributed by atoms with van der Waals surface area (Å²) in [7, 11) is 0. The summed E-state index contributed by atoms with van der Waals surface area (Å²) in [5, 5.41) is 3.73. The number of halogens is 4. The van der Waals surface area contributed by atoms with Crippen LogP contribution < -0.4 is 0 Å². The molecule has 2 aromatic heterocycles. The number of benzene rings is 1. The van der Waals surface area contributed by atoms with Crippen LogP contribution in [0.25, 0.3) is 0 Å². The standard InChI is InChI=1S/C17H15ClF3N5/c1-10(15-14(21)16(18)24-8-23-15)17(2,6-26-9-22-7-25-26)12-4-3-11(19)5-13(12)20/h3-5,7-10H,6H2,1-2H3. The van der Waals surface area contributed by atoms with E-state index in [2.05, 4.69) is 20.1 Å². The first-order valence-electron chi connectivity index (χ1n) is 7.76. The molecule has 0 radical (unpaired) electrons. The van der Waals surface area contributed by atoms with E-state index >= 15 is 0 Å². The van der Waals surface area contributed by atoms with E-state index in [9.17, 15) is 13.2 Å². The van der Waals surface area contributed by atoms with Crippen molar-refractivity contribution >= 4 is 11.6 Å². The van der Waals surface area contributed by atoms with Crippen molar-refractivity contribution in [3.05, 3.63) is 71.0 Å². The molecule has 1 aromatic carbocycles. The number of aromatic nitrogens is 5. The summed E-state index contributed by atoms with van der Waals surface area (Å²) >= 11 is 5.77. The zero-order chi connectivity index (χ0) is 18.9. The maximum absolute atomic E-state index is 14.6. The third-order valence-electron chi connectivity index (χ3n) is 4.64. The fourth-order valence-corrected chi connectivity index (χ4v) is 3.16. The summed E-state index contributed by atoms with van der Waals surface area (Å²) in [6.45, 7) is 3.59. The lowest BCUT2D eigenvalue weighted by atomic mass is 9.70. The minimum Gasteiger partial charge on any atom is -0.252 e. The Morgan fingerprint density at radius 2 is 1.96 bits per heavy atom. The van der Waals surface area contributed by atoms with Gasteiger partial charge in [0.25, 0.3) is 0 Å². The average Bonchev–Trinajstić information content (AvgIpc) is 3.09. The second kappa shape index (κ2) is 7.03. The highest BCUT2D eigenvalue weighted by Crippen LogP contribution is 2.42. The van der Waals surface area contributed by atoms with Crippen LogP contribution >= 0.6 is 11.6 Å². The van der Waals surface area contributed by atoms with Gasteiger partial charge in [0.15, 0.2) is 11.0 Å². The summed E-state index contributed by atoms with van der Waals surface area (Å²) < 4.78 is 44.0. The molecule has 0 N–H and O–H groups in total. The zero-order valence-electron chi connectivity index (χ0n) is 14.0. The molecule has 26 heavy (non-hydrogen) atoms. The molecular weight excluding hydrogens is 367 g/mol. The summed E-state index contributed by atoms with van der Waals surface area (Å²) in [6, 6.07) is 3.30. The van der Waals surface area contributed by atoms with Crippen molar-refractivity contribution in [1.29, 1.82) is 0 Å². The van der Waals surface area contributed by atoms with Gasteiger partial charge >= 0.3 is 0 Å². The Kier molecular flexibility index (Phi) is 4.95.